The Labute approximate surface area is 172 Å². The van der Waals surface area contributed by atoms with Gasteiger partial charge in [0.05, 0.1) is 7.11 Å². The average Bonchev–Trinajstić information content (AvgIpc) is 3.17. The molecule has 27 heavy (non-hydrogen) atoms. The van der Waals surface area contributed by atoms with Crippen LogP contribution < -0.4 is 4.74 Å². The van der Waals surface area contributed by atoms with Gasteiger partial charge in [-0.3, -0.25) is 0 Å². The molecule has 1 heterocycles. The number of hydrogen-bond acceptors (Lipinski definition) is 4. The van der Waals surface area contributed by atoms with Crippen LogP contribution in [0, 0.1) is 0 Å². The smallest absolute Gasteiger partial charge is 0.268 e. The molecule has 0 saturated heterocycles. The maximum Gasteiger partial charge on any atom is 0.268 e. The molecule has 3 rings (SSSR count). The fourth-order valence-corrected chi connectivity index (χ4v) is 2.55. The molecule has 0 aliphatic rings. The van der Waals surface area contributed by atoms with Gasteiger partial charge in [0.2, 0.25) is 5.89 Å². The lowest BCUT2D eigenvalue weighted by Gasteiger charge is -2.04. The summed E-state index contributed by atoms with van der Waals surface area (Å²) in [5.74, 6) is 0.989. The summed E-state index contributed by atoms with van der Waals surface area (Å²) in [5, 5.41) is 7.85. The van der Waals surface area contributed by atoms with E-state index in [-0.39, 0.29) is 11.8 Å². The predicted octanol–water partition coefficient (Wildman–Crippen LogP) is 6.05. The van der Waals surface area contributed by atoms with Crippen LogP contribution in [0.1, 0.15) is 22.9 Å². The second-order valence-electron chi connectivity index (χ2n) is 5.49. The van der Waals surface area contributed by atoms with Crippen molar-refractivity contribution in [2.24, 2.45) is 0 Å². The Balaban J connectivity index is 1.93. The minimum absolute atomic E-state index is 0.0801. The Morgan fingerprint density at radius 1 is 1.00 bits per heavy atom. The lowest BCUT2D eigenvalue weighted by Crippen LogP contribution is -1.99. The zero-order valence-corrected chi connectivity index (χ0v) is 16.5. The van der Waals surface area contributed by atoms with Crippen molar-refractivity contribution in [1.29, 1.82) is 0 Å². The minimum Gasteiger partial charge on any atom is -0.497 e. The molecule has 0 aliphatic heterocycles. The van der Waals surface area contributed by atoms with Gasteiger partial charge in [-0.1, -0.05) is 89.4 Å². The molecule has 7 heteroatoms. The first kappa shape index (κ1) is 19.5. The maximum atomic E-state index is 5.82. The molecule has 138 valence electrons. The molecule has 4 nitrogen and oxygen atoms in total. The molecule has 1 aromatic heterocycles. The van der Waals surface area contributed by atoms with E-state index >= 15 is 0 Å². The molecule has 0 radical (unpaired) electrons. The number of benzene rings is 2. The highest BCUT2D eigenvalue weighted by Gasteiger charge is 2.30. The molecule has 0 atom stereocenters. The standard InChI is InChI=1S/C20H15Cl3N2O2/c1-26-16-12-10-14(11-13-16)6-5-9-17(15-7-3-2-4-8-15)18-24-25-19(27-18)20(21,22)23/h2-13H,1H3. The lowest BCUT2D eigenvalue weighted by atomic mass is 10.1. The molecule has 0 unspecified atom stereocenters. The first-order valence-corrected chi connectivity index (χ1v) is 9.09. The van der Waals surface area contributed by atoms with E-state index in [1.54, 1.807) is 7.11 Å². The van der Waals surface area contributed by atoms with Gasteiger partial charge in [0, 0.05) is 5.57 Å². The fraction of sp³-hybridized carbons (Fsp3) is 0.100. The molecular weight excluding hydrogens is 407 g/mol. The number of halogens is 3. The van der Waals surface area contributed by atoms with Crippen molar-refractivity contribution in [3.8, 4) is 5.75 Å². The summed E-state index contributed by atoms with van der Waals surface area (Å²) >= 11 is 17.5. The quantitative estimate of drug-likeness (QED) is 0.372. The van der Waals surface area contributed by atoms with Crippen LogP contribution in [-0.4, -0.2) is 17.3 Å². The Bertz CT molecular complexity index is 943. The van der Waals surface area contributed by atoms with Crippen LogP contribution in [0.2, 0.25) is 0 Å². The number of aromatic nitrogens is 2. The first-order chi connectivity index (χ1) is 13.0. The third-order valence-electron chi connectivity index (χ3n) is 3.65. The van der Waals surface area contributed by atoms with Crippen molar-refractivity contribution in [1.82, 2.24) is 10.2 Å². The maximum absolute atomic E-state index is 5.82. The molecule has 2 aromatic carbocycles. The summed E-state index contributed by atoms with van der Waals surface area (Å²) < 4.78 is 8.95. The Hall–Kier alpha value is -2.27. The number of nitrogens with zero attached hydrogens (tertiary/aromatic N) is 2. The molecule has 0 aliphatic carbocycles. The van der Waals surface area contributed by atoms with Crippen molar-refractivity contribution in [3.63, 3.8) is 0 Å². The zero-order chi connectivity index (χ0) is 19.3. The van der Waals surface area contributed by atoms with E-state index in [4.69, 9.17) is 44.0 Å². The molecule has 3 aromatic rings. The van der Waals surface area contributed by atoms with Gasteiger partial charge in [0.25, 0.3) is 9.68 Å². The molecule has 0 spiro atoms. The second-order valence-corrected chi connectivity index (χ2v) is 7.77. The third-order valence-corrected chi connectivity index (χ3v) is 4.14. The summed E-state index contributed by atoms with van der Waals surface area (Å²) in [6.45, 7) is 0. The number of alkyl halides is 3. The predicted molar refractivity (Wildman–Crippen MR) is 109 cm³/mol. The molecule has 0 N–H and O–H groups in total. The van der Waals surface area contributed by atoms with E-state index < -0.39 is 3.79 Å². The lowest BCUT2D eigenvalue weighted by molar-refractivity contribution is 0.415. The van der Waals surface area contributed by atoms with Gasteiger partial charge in [-0.2, -0.15) is 0 Å². The summed E-state index contributed by atoms with van der Waals surface area (Å²) in [5.41, 5.74) is 2.64. The highest BCUT2D eigenvalue weighted by atomic mass is 35.6. The van der Waals surface area contributed by atoms with E-state index in [0.717, 1.165) is 16.9 Å². The third kappa shape index (κ3) is 5.13. The van der Waals surface area contributed by atoms with Crippen molar-refractivity contribution < 1.29 is 9.15 Å². The Kier molecular flexibility index (Phi) is 6.22. The van der Waals surface area contributed by atoms with Gasteiger partial charge < -0.3 is 9.15 Å². The van der Waals surface area contributed by atoms with E-state index in [9.17, 15) is 0 Å². The second kappa shape index (κ2) is 8.61. The molecule has 0 bridgehead atoms. The van der Waals surface area contributed by atoms with E-state index in [1.807, 2.05) is 72.8 Å². The van der Waals surface area contributed by atoms with Gasteiger partial charge in [0.1, 0.15) is 5.75 Å². The highest BCUT2D eigenvalue weighted by molar-refractivity contribution is 6.66. The normalized spacial score (nSPS) is 12.5. The molecule has 0 amide bonds. The highest BCUT2D eigenvalue weighted by Crippen LogP contribution is 2.38. The van der Waals surface area contributed by atoms with Crippen LogP contribution in [-0.2, 0) is 3.79 Å². The minimum atomic E-state index is -1.77. The summed E-state index contributed by atoms with van der Waals surface area (Å²) in [6.07, 6.45) is 5.72. The Morgan fingerprint density at radius 3 is 2.30 bits per heavy atom. The van der Waals surface area contributed by atoms with Crippen LogP contribution in [0.25, 0.3) is 11.6 Å². The molecular formula is C20H15Cl3N2O2. The van der Waals surface area contributed by atoms with Crippen molar-refractivity contribution in [3.05, 3.63) is 89.7 Å². The number of methoxy groups -OCH3 is 1. The number of hydrogen-bond donors (Lipinski definition) is 0. The van der Waals surface area contributed by atoms with Crippen LogP contribution in [0.5, 0.6) is 5.75 Å². The monoisotopic (exact) mass is 420 g/mol. The van der Waals surface area contributed by atoms with Crippen molar-refractivity contribution in [2.45, 2.75) is 3.79 Å². The van der Waals surface area contributed by atoms with Crippen molar-refractivity contribution >= 4 is 46.5 Å². The van der Waals surface area contributed by atoms with Crippen LogP contribution in [0.15, 0.2) is 71.2 Å². The van der Waals surface area contributed by atoms with Crippen LogP contribution in [0.4, 0.5) is 0 Å². The summed E-state index contributed by atoms with van der Waals surface area (Å²) in [4.78, 5) is 0. The summed E-state index contributed by atoms with van der Waals surface area (Å²) in [6, 6.07) is 17.3. The van der Waals surface area contributed by atoms with Crippen LogP contribution in [0.3, 0.4) is 0 Å². The van der Waals surface area contributed by atoms with Gasteiger partial charge in [-0.05, 0) is 29.3 Å². The SMILES string of the molecule is COc1ccc(C=CC=C(c2ccccc2)c2nnc(C(Cl)(Cl)Cl)o2)cc1. The van der Waals surface area contributed by atoms with Gasteiger partial charge >= 0.3 is 0 Å². The molecule has 0 saturated carbocycles. The first-order valence-electron chi connectivity index (χ1n) is 7.96. The topological polar surface area (TPSA) is 48.2 Å². The average molecular weight is 422 g/mol. The fourth-order valence-electron chi connectivity index (χ4n) is 2.33. The Morgan fingerprint density at radius 2 is 1.70 bits per heavy atom. The van der Waals surface area contributed by atoms with Gasteiger partial charge in [-0.25, -0.2) is 0 Å². The largest absolute Gasteiger partial charge is 0.497 e. The summed E-state index contributed by atoms with van der Waals surface area (Å²) in [7, 11) is 1.63. The van der Waals surface area contributed by atoms with Gasteiger partial charge in [0.15, 0.2) is 0 Å². The van der Waals surface area contributed by atoms with E-state index in [0.29, 0.717) is 5.57 Å². The van der Waals surface area contributed by atoms with Gasteiger partial charge in [-0.15, -0.1) is 10.2 Å². The molecule has 0 fully saturated rings. The van der Waals surface area contributed by atoms with Crippen molar-refractivity contribution in [2.75, 3.05) is 7.11 Å². The number of rotatable bonds is 5. The van der Waals surface area contributed by atoms with E-state index in [1.165, 1.54) is 0 Å². The zero-order valence-electron chi connectivity index (χ0n) is 14.3. The number of ether oxygens (including phenoxy) is 1. The van der Waals surface area contributed by atoms with E-state index in [2.05, 4.69) is 10.2 Å². The van der Waals surface area contributed by atoms with Crippen LogP contribution >= 0.6 is 34.8 Å². The number of allylic oxidation sites excluding steroid dienone is 2.